The molecule has 0 bridgehead atoms. The molecular weight excluding hydrogens is 155 g/mol. The molecule has 2 N–H and O–H groups in total. The Labute approximate surface area is 72.0 Å². The summed E-state index contributed by atoms with van der Waals surface area (Å²) in [5.74, 6) is 0.447. The summed E-state index contributed by atoms with van der Waals surface area (Å²) in [5, 5.41) is 21.8. The van der Waals surface area contributed by atoms with Gasteiger partial charge in [0.15, 0.2) is 0 Å². The Bertz CT molecular complexity index is 247. The molecule has 0 saturated carbocycles. The second-order valence-electron chi connectivity index (χ2n) is 3.21. The third-order valence-electron chi connectivity index (χ3n) is 1.55. The van der Waals surface area contributed by atoms with Crippen LogP contribution < -0.4 is 5.59 Å². The van der Waals surface area contributed by atoms with Gasteiger partial charge in [0.2, 0.25) is 0 Å². The minimum Gasteiger partial charge on any atom is -0.422 e. The van der Waals surface area contributed by atoms with E-state index in [2.05, 4.69) is 18.9 Å². The summed E-state index contributed by atoms with van der Waals surface area (Å²) in [6.07, 6.45) is 1.57. The van der Waals surface area contributed by atoms with Crippen molar-refractivity contribution in [1.82, 2.24) is 9.78 Å². The van der Waals surface area contributed by atoms with E-state index >= 15 is 0 Å². The van der Waals surface area contributed by atoms with E-state index in [1.807, 2.05) is 0 Å². The van der Waals surface area contributed by atoms with E-state index in [1.165, 1.54) is 0 Å². The summed E-state index contributed by atoms with van der Waals surface area (Å²) in [7, 11) is -1.42. The fourth-order valence-corrected chi connectivity index (χ4v) is 1.06. The Balaban J connectivity index is 2.77. The van der Waals surface area contributed by atoms with Crippen molar-refractivity contribution >= 4 is 12.7 Å². The Morgan fingerprint density at radius 3 is 2.75 bits per heavy atom. The molecular formula is C7H13BN2O2. The maximum atomic E-state index is 8.90. The average molecular weight is 168 g/mol. The molecule has 1 heterocycles. The van der Waals surface area contributed by atoms with E-state index in [4.69, 9.17) is 10.0 Å². The van der Waals surface area contributed by atoms with Gasteiger partial charge < -0.3 is 10.0 Å². The second-order valence-corrected chi connectivity index (χ2v) is 3.21. The molecule has 0 saturated heterocycles. The van der Waals surface area contributed by atoms with Gasteiger partial charge in [0.25, 0.3) is 0 Å². The molecule has 5 heteroatoms. The highest BCUT2D eigenvalue weighted by atomic mass is 16.4. The highest BCUT2D eigenvalue weighted by molar-refractivity contribution is 6.57. The van der Waals surface area contributed by atoms with E-state index in [-0.39, 0.29) is 0 Å². The first-order valence-corrected chi connectivity index (χ1v) is 3.99. The van der Waals surface area contributed by atoms with Gasteiger partial charge in [-0.15, -0.1) is 0 Å². The second kappa shape index (κ2) is 3.73. The smallest absolute Gasteiger partial charge is 0.422 e. The van der Waals surface area contributed by atoms with Crippen molar-refractivity contribution in [1.29, 1.82) is 0 Å². The molecule has 0 spiro atoms. The van der Waals surface area contributed by atoms with Crippen LogP contribution in [-0.4, -0.2) is 26.9 Å². The lowest BCUT2D eigenvalue weighted by molar-refractivity contribution is 0.414. The van der Waals surface area contributed by atoms with Crippen molar-refractivity contribution < 1.29 is 10.0 Å². The molecule has 0 fully saturated rings. The molecule has 1 aromatic heterocycles. The van der Waals surface area contributed by atoms with Gasteiger partial charge >= 0.3 is 7.12 Å². The highest BCUT2D eigenvalue weighted by Gasteiger charge is 2.16. The van der Waals surface area contributed by atoms with E-state index in [9.17, 15) is 0 Å². The van der Waals surface area contributed by atoms with E-state index in [0.29, 0.717) is 18.1 Å². The molecule has 4 nitrogen and oxygen atoms in total. The third-order valence-corrected chi connectivity index (χ3v) is 1.55. The van der Waals surface area contributed by atoms with E-state index in [0.717, 1.165) is 0 Å². The predicted octanol–water partition coefficient (Wildman–Crippen LogP) is -0.781. The van der Waals surface area contributed by atoms with Crippen molar-refractivity contribution in [3.05, 3.63) is 12.3 Å². The van der Waals surface area contributed by atoms with Gasteiger partial charge in [0.1, 0.15) is 0 Å². The van der Waals surface area contributed by atoms with Crippen LogP contribution in [0.25, 0.3) is 0 Å². The van der Waals surface area contributed by atoms with Crippen molar-refractivity contribution in [2.24, 2.45) is 5.92 Å². The van der Waals surface area contributed by atoms with Crippen LogP contribution in [0.2, 0.25) is 0 Å². The summed E-state index contributed by atoms with van der Waals surface area (Å²) >= 11 is 0. The summed E-state index contributed by atoms with van der Waals surface area (Å²) in [4.78, 5) is 0. The zero-order valence-electron chi connectivity index (χ0n) is 7.31. The van der Waals surface area contributed by atoms with Gasteiger partial charge in [-0.1, -0.05) is 13.8 Å². The molecule has 1 aromatic rings. The third kappa shape index (κ3) is 2.09. The minimum absolute atomic E-state index is 0.447. The zero-order valence-corrected chi connectivity index (χ0v) is 7.31. The van der Waals surface area contributed by atoms with E-state index in [1.54, 1.807) is 16.9 Å². The summed E-state index contributed by atoms with van der Waals surface area (Å²) < 4.78 is 1.61. The van der Waals surface area contributed by atoms with E-state index < -0.39 is 7.12 Å². The molecule has 0 unspecified atom stereocenters. The summed E-state index contributed by atoms with van der Waals surface area (Å²) in [6, 6.07) is 1.60. The summed E-state index contributed by atoms with van der Waals surface area (Å²) in [6.45, 7) is 4.81. The van der Waals surface area contributed by atoms with Crippen LogP contribution in [0.1, 0.15) is 13.8 Å². The molecule has 0 aliphatic rings. The van der Waals surface area contributed by atoms with Gasteiger partial charge in [-0.3, -0.25) is 4.68 Å². The topological polar surface area (TPSA) is 58.3 Å². The van der Waals surface area contributed by atoms with Crippen LogP contribution in [0.5, 0.6) is 0 Å². The van der Waals surface area contributed by atoms with Crippen molar-refractivity contribution in [3.63, 3.8) is 0 Å². The standard InChI is InChI=1S/C7H13BN2O2/c1-6(2)5-10-7(8(11)12)3-4-9-10/h3-4,6,11-12H,5H2,1-2H3. The fourth-order valence-electron chi connectivity index (χ4n) is 1.06. The van der Waals surface area contributed by atoms with Crippen LogP contribution >= 0.6 is 0 Å². The molecule has 0 aromatic carbocycles. The number of rotatable bonds is 3. The van der Waals surface area contributed by atoms with Crippen LogP contribution in [0.3, 0.4) is 0 Å². The van der Waals surface area contributed by atoms with Gasteiger partial charge in [-0.05, 0) is 12.0 Å². The summed E-state index contributed by atoms with van der Waals surface area (Å²) in [5.41, 5.74) is 0.448. The maximum absolute atomic E-state index is 8.90. The normalized spacial score (nSPS) is 10.8. The van der Waals surface area contributed by atoms with Crippen LogP contribution in [0.15, 0.2) is 12.3 Å². The number of hydrogen-bond donors (Lipinski definition) is 2. The van der Waals surface area contributed by atoms with Crippen molar-refractivity contribution in [2.45, 2.75) is 20.4 Å². The van der Waals surface area contributed by atoms with Crippen LogP contribution in [0, 0.1) is 5.92 Å². The largest absolute Gasteiger partial charge is 0.507 e. The molecule has 0 radical (unpaired) electrons. The Hall–Kier alpha value is -0.805. The quantitative estimate of drug-likeness (QED) is 0.582. The van der Waals surface area contributed by atoms with Crippen molar-refractivity contribution in [2.75, 3.05) is 0 Å². The SMILES string of the molecule is CC(C)Cn1nccc1B(O)O. The van der Waals surface area contributed by atoms with Gasteiger partial charge in [-0.25, -0.2) is 0 Å². The molecule has 1 rings (SSSR count). The maximum Gasteiger partial charge on any atom is 0.507 e. The molecule has 0 aliphatic heterocycles. The number of aromatic nitrogens is 2. The molecule has 0 atom stereocenters. The molecule has 66 valence electrons. The molecule has 0 aliphatic carbocycles. The van der Waals surface area contributed by atoms with Gasteiger partial charge in [0, 0.05) is 12.7 Å². The van der Waals surface area contributed by atoms with Gasteiger partial charge in [-0.2, -0.15) is 5.10 Å². The van der Waals surface area contributed by atoms with Crippen molar-refractivity contribution in [3.8, 4) is 0 Å². The predicted molar refractivity (Wildman–Crippen MR) is 46.9 cm³/mol. The zero-order chi connectivity index (χ0) is 9.14. The number of nitrogens with zero attached hydrogens (tertiary/aromatic N) is 2. The lowest BCUT2D eigenvalue weighted by atomic mass is 9.86. The van der Waals surface area contributed by atoms with Crippen LogP contribution in [0.4, 0.5) is 0 Å². The first kappa shape index (κ1) is 9.28. The molecule has 0 amide bonds. The lowest BCUT2D eigenvalue weighted by Gasteiger charge is -2.08. The lowest BCUT2D eigenvalue weighted by Crippen LogP contribution is -2.37. The number of hydrogen-bond acceptors (Lipinski definition) is 3. The molecule has 12 heavy (non-hydrogen) atoms. The minimum atomic E-state index is -1.42. The fraction of sp³-hybridized carbons (Fsp3) is 0.571. The highest BCUT2D eigenvalue weighted by Crippen LogP contribution is 1.95. The Kier molecular flexibility index (Phi) is 2.89. The Morgan fingerprint density at radius 2 is 2.25 bits per heavy atom. The average Bonchev–Trinajstić information content (AvgIpc) is 2.33. The first-order valence-electron chi connectivity index (χ1n) is 3.99. The van der Waals surface area contributed by atoms with Crippen LogP contribution in [-0.2, 0) is 6.54 Å². The van der Waals surface area contributed by atoms with Gasteiger partial charge in [0.05, 0.1) is 5.59 Å². The monoisotopic (exact) mass is 168 g/mol. The Morgan fingerprint density at radius 1 is 1.58 bits per heavy atom. The first-order chi connectivity index (χ1) is 5.61.